The predicted octanol–water partition coefficient (Wildman–Crippen LogP) is 0.473. The molecule has 0 saturated carbocycles. The molecule has 1 aromatic rings. The summed E-state index contributed by atoms with van der Waals surface area (Å²) in [5, 5.41) is 10.5. The van der Waals surface area contributed by atoms with Crippen LogP contribution in [0.2, 0.25) is 0 Å². The first-order valence-electron chi connectivity index (χ1n) is 5.51. The second-order valence-electron chi connectivity index (χ2n) is 3.93. The number of aliphatic hydroxyl groups is 1. The van der Waals surface area contributed by atoms with Gasteiger partial charge in [0, 0.05) is 6.54 Å². The van der Waals surface area contributed by atoms with E-state index in [0.29, 0.717) is 5.56 Å². The number of hydrogen-bond acceptors (Lipinski definition) is 3. The third-order valence-electron chi connectivity index (χ3n) is 2.51. The highest BCUT2D eigenvalue weighted by Gasteiger charge is 2.29. The molecule has 0 spiro atoms. The van der Waals surface area contributed by atoms with Crippen molar-refractivity contribution in [2.24, 2.45) is 5.73 Å². The third-order valence-corrected chi connectivity index (χ3v) is 2.51. The Hall–Kier alpha value is -1.53. The van der Waals surface area contributed by atoms with Gasteiger partial charge < -0.3 is 16.2 Å². The first-order valence-corrected chi connectivity index (χ1v) is 5.51. The molecule has 0 aliphatic carbocycles. The Kier molecular flexibility index (Phi) is 5.18. The fraction of sp³-hybridized carbons (Fsp3) is 0.417. The minimum Gasteiger partial charge on any atom is -0.390 e. The standard InChI is InChI=1S/C12H16F2N2O2/c13-12(14,8-17)7-16-11(18)10(6-15)9-4-2-1-3-5-9/h1-5,10,17H,6-8,15H2,(H,16,18). The van der Waals surface area contributed by atoms with Gasteiger partial charge in [0.15, 0.2) is 0 Å². The molecular weight excluding hydrogens is 242 g/mol. The first-order chi connectivity index (χ1) is 8.50. The molecule has 1 amide bonds. The van der Waals surface area contributed by atoms with Gasteiger partial charge in [0.05, 0.1) is 12.5 Å². The number of nitrogens with two attached hydrogens (primary N) is 1. The molecule has 4 N–H and O–H groups in total. The van der Waals surface area contributed by atoms with Gasteiger partial charge in [0.25, 0.3) is 5.92 Å². The first kappa shape index (κ1) is 14.5. The Balaban J connectivity index is 2.64. The molecule has 100 valence electrons. The second-order valence-corrected chi connectivity index (χ2v) is 3.93. The lowest BCUT2D eigenvalue weighted by molar-refractivity contribution is -0.125. The van der Waals surface area contributed by atoms with Gasteiger partial charge in [-0.3, -0.25) is 4.79 Å². The summed E-state index contributed by atoms with van der Waals surface area (Å²) in [7, 11) is 0. The number of benzene rings is 1. The quantitative estimate of drug-likeness (QED) is 0.694. The molecule has 1 atom stereocenters. The molecule has 0 aliphatic rings. The van der Waals surface area contributed by atoms with Crippen molar-refractivity contribution in [1.82, 2.24) is 5.32 Å². The van der Waals surface area contributed by atoms with Crippen LogP contribution in [0.3, 0.4) is 0 Å². The molecule has 1 unspecified atom stereocenters. The average molecular weight is 258 g/mol. The summed E-state index contributed by atoms with van der Waals surface area (Å²) >= 11 is 0. The number of carbonyl (C=O) groups is 1. The van der Waals surface area contributed by atoms with Crippen LogP contribution in [-0.4, -0.2) is 36.6 Å². The molecule has 18 heavy (non-hydrogen) atoms. The van der Waals surface area contributed by atoms with Gasteiger partial charge in [0.1, 0.15) is 6.61 Å². The number of amides is 1. The van der Waals surface area contributed by atoms with E-state index in [0.717, 1.165) is 0 Å². The van der Waals surface area contributed by atoms with E-state index in [-0.39, 0.29) is 6.54 Å². The molecule has 1 rings (SSSR count). The van der Waals surface area contributed by atoms with E-state index in [1.165, 1.54) is 0 Å². The maximum atomic E-state index is 12.8. The van der Waals surface area contributed by atoms with Gasteiger partial charge in [-0.1, -0.05) is 30.3 Å². The Morgan fingerprint density at radius 2 is 2.00 bits per heavy atom. The molecule has 0 saturated heterocycles. The number of aliphatic hydroxyl groups excluding tert-OH is 1. The van der Waals surface area contributed by atoms with Crippen LogP contribution in [0, 0.1) is 0 Å². The summed E-state index contributed by atoms with van der Waals surface area (Å²) in [5.74, 6) is -4.55. The van der Waals surface area contributed by atoms with E-state index in [9.17, 15) is 13.6 Å². The van der Waals surface area contributed by atoms with Crippen LogP contribution < -0.4 is 11.1 Å². The smallest absolute Gasteiger partial charge is 0.287 e. The fourth-order valence-corrected chi connectivity index (χ4v) is 1.48. The number of halogens is 2. The van der Waals surface area contributed by atoms with Crippen molar-refractivity contribution in [2.45, 2.75) is 11.8 Å². The van der Waals surface area contributed by atoms with Gasteiger partial charge in [-0.05, 0) is 5.56 Å². The van der Waals surface area contributed by atoms with E-state index in [1.54, 1.807) is 30.3 Å². The van der Waals surface area contributed by atoms with Crippen LogP contribution in [-0.2, 0) is 4.79 Å². The van der Waals surface area contributed by atoms with Crippen molar-refractivity contribution in [3.8, 4) is 0 Å². The van der Waals surface area contributed by atoms with Gasteiger partial charge >= 0.3 is 0 Å². The van der Waals surface area contributed by atoms with Crippen LogP contribution in [0.25, 0.3) is 0 Å². The topological polar surface area (TPSA) is 75.4 Å². The maximum absolute atomic E-state index is 12.8. The number of alkyl halides is 2. The number of nitrogens with one attached hydrogen (secondary N) is 1. The van der Waals surface area contributed by atoms with Crippen LogP contribution in [0.1, 0.15) is 11.5 Å². The largest absolute Gasteiger partial charge is 0.390 e. The highest BCUT2D eigenvalue weighted by atomic mass is 19.3. The molecule has 0 aromatic heterocycles. The van der Waals surface area contributed by atoms with E-state index in [2.05, 4.69) is 5.32 Å². The summed E-state index contributed by atoms with van der Waals surface area (Å²) in [5.41, 5.74) is 6.15. The van der Waals surface area contributed by atoms with Gasteiger partial charge in [0.2, 0.25) is 5.91 Å². The lowest BCUT2D eigenvalue weighted by atomic mass is 9.98. The summed E-state index contributed by atoms with van der Waals surface area (Å²) in [6.07, 6.45) is 0. The molecule has 0 radical (unpaired) electrons. The molecule has 0 heterocycles. The molecule has 0 bridgehead atoms. The normalized spacial score (nSPS) is 13.1. The molecular formula is C12H16F2N2O2. The highest BCUT2D eigenvalue weighted by Crippen LogP contribution is 2.15. The minimum absolute atomic E-state index is 0.0283. The minimum atomic E-state index is -3.31. The highest BCUT2D eigenvalue weighted by molar-refractivity contribution is 5.83. The Bertz CT molecular complexity index is 385. The summed E-state index contributed by atoms with van der Waals surface area (Å²) in [4.78, 5) is 11.7. The van der Waals surface area contributed by atoms with Crippen LogP contribution in [0.5, 0.6) is 0 Å². The third kappa shape index (κ3) is 4.05. The Labute approximate surface area is 104 Å². The predicted molar refractivity (Wildman–Crippen MR) is 63.3 cm³/mol. The van der Waals surface area contributed by atoms with Crippen molar-refractivity contribution >= 4 is 5.91 Å². The molecule has 1 aromatic carbocycles. The summed E-state index contributed by atoms with van der Waals surface area (Å²) in [6.45, 7) is -2.17. The fourth-order valence-electron chi connectivity index (χ4n) is 1.48. The van der Waals surface area contributed by atoms with Crippen molar-refractivity contribution < 1.29 is 18.7 Å². The second kappa shape index (κ2) is 6.42. The zero-order valence-electron chi connectivity index (χ0n) is 9.77. The van der Waals surface area contributed by atoms with Gasteiger partial charge in [-0.2, -0.15) is 0 Å². The van der Waals surface area contributed by atoms with Gasteiger partial charge in [-0.25, -0.2) is 8.78 Å². The molecule has 4 nitrogen and oxygen atoms in total. The molecule has 6 heteroatoms. The zero-order valence-corrected chi connectivity index (χ0v) is 9.77. The lowest BCUT2D eigenvalue weighted by Gasteiger charge is -2.18. The monoisotopic (exact) mass is 258 g/mol. The molecule has 0 aliphatic heterocycles. The zero-order chi connectivity index (χ0) is 13.6. The summed E-state index contributed by atoms with van der Waals surface area (Å²) < 4.78 is 25.6. The summed E-state index contributed by atoms with van der Waals surface area (Å²) in [6, 6.07) is 8.69. The van der Waals surface area contributed by atoms with E-state index in [4.69, 9.17) is 10.8 Å². The van der Waals surface area contributed by atoms with E-state index >= 15 is 0 Å². The van der Waals surface area contributed by atoms with Crippen molar-refractivity contribution in [3.63, 3.8) is 0 Å². The maximum Gasteiger partial charge on any atom is 0.287 e. The van der Waals surface area contributed by atoms with Crippen LogP contribution >= 0.6 is 0 Å². The van der Waals surface area contributed by atoms with E-state index in [1.807, 2.05) is 0 Å². The number of hydrogen-bond donors (Lipinski definition) is 3. The lowest BCUT2D eigenvalue weighted by Crippen LogP contribution is -2.42. The number of carbonyl (C=O) groups excluding carboxylic acids is 1. The van der Waals surface area contributed by atoms with Crippen molar-refractivity contribution in [3.05, 3.63) is 35.9 Å². The van der Waals surface area contributed by atoms with Crippen LogP contribution in [0.15, 0.2) is 30.3 Å². The molecule has 0 fully saturated rings. The number of rotatable bonds is 6. The average Bonchev–Trinajstić information content (AvgIpc) is 2.39. The Morgan fingerprint density at radius 1 is 1.39 bits per heavy atom. The van der Waals surface area contributed by atoms with Crippen molar-refractivity contribution in [2.75, 3.05) is 19.7 Å². The van der Waals surface area contributed by atoms with E-state index < -0.39 is 30.9 Å². The van der Waals surface area contributed by atoms with Crippen molar-refractivity contribution in [1.29, 1.82) is 0 Å². The van der Waals surface area contributed by atoms with Gasteiger partial charge in [-0.15, -0.1) is 0 Å². The Morgan fingerprint density at radius 3 is 2.50 bits per heavy atom. The SMILES string of the molecule is NCC(C(=O)NCC(F)(F)CO)c1ccccc1. The van der Waals surface area contributed by atoms with Crippen LogP contribution in [0.4, 0.5) is 8.78 Å².